The predicted octanol–water partition coefficient (Wildman–Crippen LogP) is 4.73. The van der Waals surface area contributed by atoms with Crippen LogP contribution in [0.3, 0.4) is 0 Å². The predicted molar refractivity (Wildman–Crippen MR) is 106 cm³/mol. The Kier molecular flexibility index (Phi) is 13.3. The molecule has 4 N–H and O–H groups in total. The van der Waals surface area contributed by atoms with E-state index in [4.69, 9.17) is 15.9 Å². The van der Waals surface area contributed by atoms with Gasteiger partial charge in [-0.3, -0.25) is 14.0 Å². The largest absolute Gasteiger partial charge is 0.481 e. The van der Waals surface area contributed by atoms with Gasteiger partial charge in [0.2, 0.25) is 0 Å². The van der Waals surface area contributed by atoms with Gasteiger partial charge < -0.3 is 15.9 Å². The van der Waals surface area contributed by atoms with Gasteiger partial charge in [-0.1, -0.05) is 59.8 Å². The van der Waals surface area contributed by atoms with Gasteiger partial charge in [-0.2, -0.15) is 0 Å². The second-order valence-corrected chi connectivity index (χ2v) is 8.48. The lowest BCUT2D eigenvalue weighted by Crippen LogP contribution is -2.36. The Balaban J connectivity index is 0.000000541. The minimum atomic E-state index is -0.795. The molecule has 160 valence electrons. The van der Waals surface area contributed by atoms with Crippen molar-refractivity contribution in [1.29, 1.82) is 0 Å². The maximum absolute atomic E-state index is 11.9. The Morgan fingerprint density at radius 2 is 1.56 bits per heavy atom. The molecule has 0 heterocycles. The number of carbonyl (C=O) groups is 2. The van der Waals surface area contributed by atoms with E-state index in [2.05, 4.69) is 6.92 Å². The lowest BCUT2D eigenvalue weighted by atomic mass is 9.77. The molecular formula is C21H40FNO4. The first-order valence-electron chi connectivity index (χ1n) is 10.4. The number of carboxylic acids is 2. The van der Waals surface area contributed by atoms with Crippen LogP contribution in [0.1, 0.15) is 79.1 Å². The summed E-state index contributed by atoms with van der Waals surface area (Å²) in [6.07, 6.45) is 8.70. The highest BCUT2D eigenvalue weighted by molar-refractivity contribution is 5.70. The Bertz CT molecular complexity index is 426. The molecular weight excluding hydrogens is 349 g/mol. The molecule has 1 rings (SSSR count). The summed E-state index contributed by atoms with van der Waals surface area (Å²) in [6.45, 7) is 7.01. The molecule has 5 nitrogen and oxygen atoms in total. The molecule has 1 aliphatic rings. The van der Waals surface area contributed by atoms with Crippen LogP contribution in [0.4, 0.5) is 4.39 Å². The lowest BCUT2D eigenvalue weighted by Gasteiger charge is -2.30. The van der Waals surface area contributed by atoms with Gasteiger partial charge in [0.15, 0.2) is 0 Å². The maximum atomic E-state index is 11.9. The number of carboxylic acid groups (broad SMARTS) is 2. The fraction of sp³-hybridized carbons (Fsp3) is 0.905. The van der Waals surface area contributed by atoms with Crippen molar-refractivity contribution in [1.82, 2.24) is 0 Å². The van der Waals surface area contributed by atoms with E-state index in [0.717, 1.165) is 12.3 Å². The van der Waals surface area contributed by atoms with Crippen LogP contribution in [-0.2, 0) is 9.59 Å². The Labute approximate surface area is 163 Å². The number of alkyl halides is 1. The molecule has 0 radical (unpaired) electrons. The molecule has 27 heavy (non-hydrogen) atoms. The topological polar surface area (TPSA) is 101 Å². The zero-order chi connectivity index (χ0) is 21.0. The van der Waals surface area contributed by atoms with Crippen molar-refractivity contribution in [3.05, 3.63) is 0 Å². The van der Waals surface area contributed by atoms with Gasteiger partial charge in [0.25, 0.3) is 0 Å². The van der Waals surface area contributed by atoms with Gasteiger partial charge in [0.1, 0.15) is 0 Å². The highest BCUT2D eigenvalue weighted by atomic mass is 19.1. The highest BCUT2D eigenvalue weighted by Crippen LogP contribution is 2.32. The average Bonchev–Trinajstić information content (AvgIpc) is 2.65. The van der Waals surface area contributed by atoms with Gasteiger partial charge in [-0.05, 0) is 37.0 Å². The monoisotopic (exact) mass is 389 g/mol. The normalized spacial score (nSPS) is 20.5. The fourth-order valence-electron chi connectivity index (χ4n) is 3.45. The first-order valence-corrected chi connectivity index (χ1v) is 10.4. The molecule has 0 saturated heterocycles. The van der Waals surface area contributed by atoms with Gasteiger partial charge in [-0.15, -0.1) is 0 Å². The van der Waals surface area contributed by atoms with Crippen LogP contribution in [0.2, 0.25) is 0 Å². The minimum absolute atomic E-state index is 0.00296. The van der Waals surface area contributed by atoms with Crippen molar-refractivity contribution in [2.45, 2.75) is 85.1 Å². The van der Waals surface area contributed by atoms with Crippen molar-refractivity contribution in [2.24, 2.45) is 35.3 Å². The molecule has 0 aromatic rings. The second-order valence-electron chi connectivity index (χ2n) is 8.48. The maximum Gasteiger partial charge on any atom is 0.307 e. The minimum Gasteiger partial charge on any atom is -0.481 e. The van der Waals surface area contributed by atoms with Gasteiger partial charge >= 0.3 is 11.9 Å². The van der Waals surface area contributed by atoms with Crippen LogP contribution in [0.15, 0.2) is 0 Å². The van der Waals surface area contributed by atoms with Crippen LogP contribution < -0.4 is 5.73 Å². The molecule has 0 spiro atoms. The molecule has 1 saturated carbocycles. The van der Waals surface area contributed by atoms with Crippen molar-refractivity contribution >= 4 is 11.9 Å². The number of nitrogens with two attached hydrogens (primary N) is 1. The van der Waals surface area contributed by atoms with Crippen molar-refractivity contribution in [3.8, 4) is 0 Å². The summed E-state index contributed by atoms with van der Waals surface area (Å²) in [4.78, 5) is 21.1. The van der Waals surface area contributed by atoms with Gasteiger partial charge in [-0.25, -0.2) is 0 Å². The van der Waals surface area contributed by atoms with E-state index in [1.54, 1.807) is 20.8 Å². The standard InChI is InChI=1S/C13H25NO2.C8H15FO2/c1-9(11-6-4-3-5-7-11)8-12(14)10(2)13(15)16;1-6(5-9)3-4-7(2)8(10)11/h9-12H,3-8,14H2,1-2H3,(H,15,16);6-7H,3-5H2,1-2H3,(H,10,11). The summed E-state index contributed by atoms with van der Waals surface area (Å²) in [5.74, 6) is -1.01. The van der Waals surface area contributed by atoms with E-state index in [1.807, 2.05) is 0 Å². The Hall–Kier alpha value is -1.17. The molecule has 1 aliphatic carbocycles. The smallest absolute Gasteiger partial charge is 0.307 e. The van der Waals surface area contributed by atoms with Gasteiger partial charge in [0.05, 0.1) is 18.5 Å². The fourth-order valence-corrected chi connectivity index (χ4v) is 3.45. The second kappa shape index (κ2) is 13.9. The first-order chi connectivity index (χ1) is 12.6. The summed E-state index contributed by atoms with van der Waals surface area (Å²) >= 11 is 0. The van der Waals surface area contributed by atoms with Crippen LogP contribution in [0.5, 0.6) is 0 Å². The molecule has 0 aromatic carbocycles. The molecule has 5 unspecified atom stereocenters. The lowest BCUT2D eigenvalue weighted by molar-refractivity contribution is -0.142. The average molecular weight is 390 g/mol. The number of hydrogen-bond donors (Lipinski definition) is 3. The summed E-state index contributed by atoms with van der Waals surface area (Å²) in [5.41, 5.74) is 5.94. The van der Waals surface area contributed by atoms with Crippen molar-refractivity contribution in [3.63, 3.8) is 0 Å². The third-order valence-corrected chi connectivity index (χ3v) is 5.91. The highest BCUT2D eigenvalue weighted by Gasteiger charge is 2.26. The number of aliphatic carboxylic acids is 2. The van der Waals surface area contributed by atoms with Gasteiger partial charge in [0, 0.05) is 6.04 Å². The SMILES string of the molecule is CC(CC(N)C(C)C(=O)O)C1CCCCC1.CC(CF)CCC(C)C(=O)O. The Morgan fingerprint density at radius 3 is 2.00 bits per heavy atom. The van der Waals surface area contributed by atoms with E-state index in [0.29, 0.717) is 18.8 Å². The first kappa shape index (κ1) is 25.8. The summed E-state index contributed by atoms with van der Waals surface area (Å²) in [5, 5.41) is 17.4. The van der Waals surface area contributed by atoms with Crippen molar-refractivity contribution in [2.75, 3.05) is 6.67 Å². The quantitative estimate of drug-likeness (QED) is 0.501. The molecule has 5 atom stereocenters. The zero-order valence-electron chi connectivity index (χ0n) is 17.5. The number of rotatable bonds is 10. The molecule has 6 heteroatoms. The number of halogens is 1. The van der Waals surface area contributed by atoms with Crippen LogP contribution in [-0.4, -0.2) is 34.9 Å². The summed E-state index contributed by atoms with van der Waals surface area (Å²) in [6, 6.07) is -0.200. The molecule has 0 amide bonds. The molecule has 1 fully saturated rings. The summed E-state index contributed by atoms with van der Waals surface area (Å²) in [7, 11) is 0. The molecule has 0 aromatic heterocycles. The van der Waals surface area contributed by atoms with Crippen LogP contribution in [0, 0.1) is 29.6 Å². The van der Waals surface area contributed by atoms with E-state index in [-0.39, 0.29) is 24.6 Å². The third-order valence-electron chi connectivity index (χ3n) is 5.91. The van der Waals surface area contributed by atoms with Crippen molar-refractivity contribution < 1.29 is 24.2 Å². The number of hydrogen-bond acceptors (Lipinski definition) is 3. The zero-order valence-corrected chi connectivity index (χ0v) is 17.5. The van der Waals surface area contributed by atoms with E-state index >= 15 is 0 Å². The molecule has 0 bridgehead atoms. The van der Waals surface area contributed by atoms with E-state index in [9.17, 15) is 14.0 Å². The summed E-state index contributed by atoms with van der Waals surface area (Å²) < 4.78 is 11.9. The third kappa shape index (κ3) is 11.3. The van der Waals surface area contributed by atoms with E-state index in [1.165, 1.54) is 32.1 Å². The van der Waals surface area contributed by atoms with Crippen LogP contribution >= 0.6 is 0 Å². The van der Waals surface area contributed by atoms with Crippen LogP contribution in [0.25, 0.3) is 0 Å². The Morgan fingerprint density at radius 1 is 1.00 bits per heavy atom. The van der Waals surface area contributed by atoms with E-state index < -0.39 is 17.9 Å². The molecule has 0 aliphatic heterocycles.